The van der Waals surface area contributed by atoms with Gasteiger partial charge < -0.3 is 29.6 Å². The predicted octanol–water partition coefficient (Wildman–Crippen LogP) is 3.26. The SMILES string of the molecule is CSc1cccc2cc(C(=O)NCCOCCOCCOCCNC(=O)OC(C)(C)C)cnc12. The number of hydrogen-bond acceptors (Lipinski definition) is 8. The molecule has 0 aliphatic heterocycles. The number of fused-ring (bicyclic) bond motifs is 1. The molecule has 2 N–H and O–H groups in total. The first-order valence-corrected chi connectivity index (χ1v) is 12.4. The van der Waals surface area contributed by atoms with Crippen LogP contribution in [-0.2, 0) is 18.9 Å². The van der Waals surface area contributed by atoms with E-state index < -0.39 is 11.7 Å². The lowest BCUT2D eigenvalue weighted by molar-refractivity contribution is 0.0145. The van der Waals surface area contributed by atoms with E-state index in [0.717, 1.165) is 15.8 Å². The maximum Gasteiger partial charge on any atom is 0.407 e. The number of alkyl carbamates (subject to hydrolysis) is 1. The number of carbonyl (C=O) groups excluding carboxylic acids is 2. The zero-order valence-corrected chi connectivity index (χ0v) is 21.2. The van der Waals surface area contributed by atoms with Gasteiger partial charge in [-0.15, -0.1) is 11.8 Å². The summed E-state index contributed by atoms with van der Waals surface area (Å²) in [5.74, 6) is -0.179. The number of thioether (sulfide) groups is 1. The molecular weight excluding hydrogens is 458 g/mol. The van der Waals surface area contributed by atoms with Crippen molar-refractivity contribution >= 4 is 34.7 Å². The Balaban J connectivity index is 1.46. The third-order valence-electron chi connectivity index (χ3n) is 4.35. The molecule has 34 heavy (non-hydrogen) atoms. The summed E-state index contributed by atoms with van der Waals surface area (Å²) in [5, 5.41) is 6.39. The lowest BCUT2D eigenvalue weighted by atomic mass is 10.1. The minimum atomic E-state index is -0.514. The maximum atomic E-state index is 12.3. The number of hydrogen-bond donors (Lipinski definition) is 2. The van der Waals surface area contributed by atoms with Crippen molar-refractivity contribution in [3.63, 3.8) is 0 Å². The van der Waals surface area contributed by atoms with Gasteiger partial charge in [-0.25, -0.2) is 4.79 Å². The number of nitrogens with zero attached hydrogens (tertiary/aromatic N) is 1. The van der Waals surface area contributed by atoms with Crippen LogP contribution >= 0.6 is 11.8 Å². The van der Waals surface area contributed by atoms with Gasteiger partial charge in [0.05, 0.1) is 50.7 Å². The summed E-state index contributed by atoms with van der Waals surface area (Å²) in [5.41, 5.74) is 0.910. The number of benzene rings is 1. The third kappa shape index (κ3) is 10.7. The summed E-state index contributed by atoms with van der Waals surface area (Å²) in [6, 6.07) is 7.78. The van der Waals surface area contributed by atoms with Crippen LogP contribution in [0.2, 0.25) is 0 Å². The Kier molecular flexibility index (Phi) is 12.1. The lowest BCUT2D eigenvalue weighted by Crippen LogP contribution is -2.34. The van der Waals surface area contributed by atoms with Gasteiger partial charge in [0.15, 0.2) is 0 Å². The van der Waals surface area contributed by atoms with E-state index in [0.29, 0.717) is 58.3 Å². The number of para-hydroxylation sites is 1. The Morgan fingerprint density at radius 2 is 1.56 bits per heavy atom. The van der Waals surface area contributed by atoms with E-state index in [1.54, 1.807) is 18.0 Å². The van der Waals surface area contributed by atoms with Crippen LogP contribution in [0.4, 0.5) is 4.79 Å². The molecule has 2 rings (SSSR count). The monoisotopic (exact) mass is 493 g/mol. The minimum Gasteiger partial charge on any atom is -0.444 e. The molecule has 0 bridgehead atoms. The zero-order valence-electron chi connectivity index (χ0n) is 20.3. The largest absolute Gasteiger partial charge is 0.444 e. The molecule has 0 aliphatic carbocycles. The smallest absolute Gasteiger partial charge is 0.407 e. The number of pyridine rings is 1. The fourth-order valence-corrected chi connectivity index (χ4v) is 3.42. The highest BCUT2D eigenvalue weighted by Gasteiger charge is 2.15. The van der Waals surface area contributed by atoms with E-state index in [-0.39, 0.29) is 5.91 Å². The Hall–Kier alpha value is -2.40. The van der Waals surface area contributed by atoms with Crippen molar-refractivity contribution in [3.8, 4) is 0 Å². The summed E-state index contributed by atoms with van der Waals surface area (Å²) in [4.78, 5) is 29.3. The van der Waals surface area contributed by atoms with Gasteiger partial charge in [-0.2, -0.15) is 0 Å². The first-order valence-electron chi connectivity index (χ1n) is 11.2. The molecular formula is C24H35N3O6S. The molecule has 1 aromatic carbocycles. The van der Waals surface area contributed by atoms with Crippen molar-refractivity contribution in [2.45, 2.75) is 31.3 Å². The van der Waals surface area contributed by atoms with Gasteiger partial charge in [-0.3, -0.25) is 9.78 Å². The van der Waals surface area contributed by atoms with Crippen LogP contribution in [0, 0.1) is 0 Å². The van der Waals surface area contributed by atoms with E-state index in [9.17, 15) is 9.59 Å². The summed E-state index contributed by atoms with van der Waals surface area (Å²) in [7, 11) is 0. The van der Waals surface area contributed by atoms with Gasteiger partial charge in [0.25, 0.3) is 5.91 Å². The van der Waals surface area contributed by atoms with Crippen LogP contribution in [0.25, 0.3) is 10.9 Å². The Morgan fingerprint density at radius 1 is 0.941 bits per heavy atom. The van der Waals surface area contributed by atoms with Gasteiger partial charge in [0.2, 0.25) is 0 Å². The van der Waals surface area contributed by atoms with Crippen molar-refractivity contribution < 1.29 is 28.5 Å². The van der Waals surface area contributed by atoms with Gasteiger partial charge in [-0.1, -0.05) is 12.1 Å². The van der Waals surface area contributed by atoms with Gasteiger partial charge in [0.1, 0.15) is 5.60 Å². The molecule has 0 fully saturated rings. The third-order valence-corrected chi connectivity index (χ3v) is 5.12. The van der Waals surface area contributed by atoms with E-state index in [1.807, 2.05) is 51.3 Å². The van der Waals surface area contributed by atoms with E-state index in [1.165, 1.54) is 0 Å². The average Bonchev–Trinajstić information content (AvgIpc) is 2.79. The van der Waals surface area contributed by atoms with Crippen molar-refractivity contribution in [1.82, 2.24) is 15.6 Å². The molecule has 0 radical (unpaired) electrons. The number of carbonyl (C=O) groups is 2. The maximum absolute atomic E-state index is 12.3. The molecule has 0 atom stereocenters. The summed E-state index contributed by atoms with van der Waals surface area (Å²) in [6.07, 6.45) is 3.14. The number of aromatic nitrogens is 1. The second kappa shape index (κ2) is 14.8. The molecule has 0 unspecified atom stereocenters. The fourth-order valence-electron chi connectivity index (χ4n) is 2.84. The molecule has 188 valence electrons. The van der Waals surface area contributed by atoms with Crippen molar-refractivity contribution in [2.75, 3.05) is 59.0 Å². The molecule has 2 amide bonds. The molecule has 2 aromatic rings. The number of nitrogens with one attached hydrogen (secondary N) is 2. The van der Waals surface area contributed by atoms with Crippen LogP contribution < -0.4 is 10.6 Å². The molecule has 0 aliphatic rings. The highest BCUT2D eigenvalue weighted by molar-refractivity contribution is 7.98. The van der Waals surface area contributed by atoms with Crippen LogP contribution in [-0.4, -0.2) is 81.6 Å². The second-order valence-corrected chi connectivity index (χ2v) is 9.13. The summed E-state index contributed by atoms with van der Waals surface area (Å²) in [6.45, 7) is 8.67. The quantitative estimate of drug-likeness (QED) is 0.305. The number of ether oxygens (including phenoxy) is 4. The molecule has 0 saturated carbocycles. The van der Waals surface area contributed by atoms with Crippen LogP contribution in [0.3, 0.4) is 0 Å². The minimum absolute atomic E-state index is 0.179. The molecule has 0 spiro atoms. The second-order valence-electron chi connectivity index (χ2n) is 8.28. The van der Waals surface area contributed by atoms with E-state index in [2.05, 4.69) is 15.6 Å². The van der Waals surface area contributed by atoms with E-state index >= 15 is 0 Å². The van der Waals surface area contributed by atoms with Crippen LogP contribution in [0.1, 0.15) is 31.1 Å². The molecule has 1 aromatic heterocycles. The summed E-state index contributed by atoms with van der Waals surface area (Å²) >= 11 is 1.63. The molecule has 10 heteroatoms. The number of amides is 2. The van der Waals surface area contributed by atoms with Gasteiger partial charge in [0, 0.05) is 29.6 Å². The Labute approximate surface area is 205 Å². The molecule has 1 heterocycles. The molecule has 0 saturated heterocycles. The van der Waals surface area contributed by atoms with E-state index in [4.69, 9.17) is 18.9 Å². The fraction of sp³-hybridized carbons (Fsp3) is 0.542. The van der Waals surface area contributed by atoms with Crippen LogP contribution in [0.15, 0.2) is 35.4 Å². The first kappa shape index (κ1) is 27.8. The van der Waals surface area contributed by atoms with Gasteiger partial charge in [-0.05, 0) is 39.2 Å². The Bertz CT molecular complexity index is 919. The Morgan fingerprint density at radius 3 is 2.18 bits per heavy atom. The van der Waals surface area contributed by atoms with Crippen molar-refractivity contribution in [2.24, 2.45) is 0 Å². The average molecular weight is 494 g/mol. The first-order chi connectivity index (χ1) is 16.3. The van der Waals surface area contributed by atoms with Crippen LogP contribution in [0.5, 0.6) is 0 Å². The zero-order chi connectivity index (χ0) is 24.8. The standard InChI is InChI=1S/C24H35N3O6S/c1-24(2,3)33-23(29)26-9-11-31-13-15-32-14-12-30-10-8-25-22(28)19-16-18-6-5-7-20(34-4)21(18)27-17-19/h5-7,16-17H,8-15H2,1-4H3,(H,25,28)(H,26,29). The topological polar surface area (TPSA) is 108 Å². The number of rotatable bonds is 14. The lowest BCUT2D eigenvalue weighted by Gasteiger charge is -2.19. The van der Waals surface area contributed by atoms with Gasteiger partial charge >= 0.3 is 6.09 Å². The highest BCUT2D eigenvalue weighted by Crippen LogP contribution is 2.24. The normalized spacial score (nSPS) is 11.4. The van der Waals surface area contributed by atoms with Crippen molar-refractivity contribution in [1.29, 1.82) is 0 Å². The highest BCUT2D eigenvalue weighted by atomic mass is 32.2. The summed E-state index contributed by atoms with van der Waals surface area (Å²) < 4.78 is 21.4. The van der Waals surface area contributed by atoms with Crippen molar-refractivity contribution in [3.05, 3.63) is 36.0 Å². The predicted molar refractivity (Wildman–Crippen MR) is 133 cm³/mol. The molecule has 9 nitrogen and oxygen atoms in total.